The molecule has 1 aromatic carbocycles. The van der Waals surface area contributed by atoms with Gasteiger partial charge in [0.15, 0.2) is 4.34 Å². The van der Waals surface area contributed by atoms with Crippen LogP contribution in [0, 0.1) is 5.82 Å². The summed E-state index contributed by atoms with van der Waals surface area (Å²) in [4.78, 5) is 12.0. The van der Waals surface area contributed by atoms with E-state index in [1.165, 1.54) is 29.5 Å². The number of amides is 1. The lowest BCUT2D eigenvalue weighted by molar-refractivity contribution is 0.102. The molecule has 0 fully saturated rings. The van der Waals surface area contributed by atoms with E-state index in [0.29, 0.717) is 10.4 Å². The van der Waals surface area contributed by atoms with Crippen LogP contribution in [0.4, 0.5) is 9.52 Å². The van der Waals surface area contributed by atoms with E-state index in [1.807, 2.05) is 0 Å². The van der Waals surface area contributed by atoms with E-state index >= 15 is 0 Å². The molecule has 8 heteroatoms. The molecule has 1 heterocycles. The molecule has 4 nitrogen and oxygen atoms in total. The minimum atomic E-state index is -0.668. The van der Waals surface area contributed by atoms with Crippen LogP contribution >= 0.6 is 34.7 Å². The number of hydrogen-bond donors (Lipinski definition) is 1. The van der Waals surface area contributed by atoms with Crippen LogP contribution in [0.25, 0.3) is 0 Å². The number of aromatic nitrogens is 2. The van der Waals surface area contributed by atoms with Crippen LogP contribution in [0.2, 0.25) is 5.02 Å². The Bertz CT molecular complexity index is 630. The minimum Gasteiger partial charge on any atom is -0.296 e. The number of carbonyl (C=O) groups excluding carboxylic acids is 1. The van der Waals surface area contributed by atoms with Gasteiger partial charge in [-0.3, -0.25) is 10.1 Å². The maximum absolute atomic E-state index is 13.6. The summed E-state index contributed by atoms with van der Waals surface area (Å²) in [5.41, 5.74) is -0.189. The molecule has 1 N–H and O–H groups in total. The van der Waals surface area contributed by atoms with E-state index in [2.05, 4.69) is 29.4 Å². The molecule has 0 spiro atoms. The van der Waals surface area contributed by atoms with Gasteiger partial charge in [0.2, 0.25) is 5.13 Å². The molecule has 0 bridgehead atoms. The predicted molar refractivity (Wildman–Crippen MR) is 84.9 cm³/mol. The largest absolute Gasteiger partial charge is 0.296 e. The molecule has 1 aromatic heterocycles. The number of halogens is 2. The van der Waals surface area contributed by atoms with E-state index in [4.69, 9.17) is 11.6 Å². The first kappa shape index (κ1) is 16.2. The van der Waals surface area contributed by atoms with Gasteiger partial charge in [-0.2, -0.15) is 0 Å². The van der Waals surface area contributed by atoms with Crippen molar-refractivity contribution in [2.24, 2.45) is 0 Å². The molecule has 0 aliphatic rings. The number of anilines is 1. The van der Waals surface area contributed by atoms with E-state index in [1.54, 1.807) is 11.8 Å². The van der Waals surface area contributed by atoms with E-state index < -0.39 is 11.7 Å². The molecule has 1 amide bonds. The average Bonchev–Trinajstić information content (AvgIpc) is 2.85. The number of thioether (sulfide) groups is 1. The summed E-state index contributed by atoms with van der Waals surface area (Å²) in [6.45, 7) is 4.17. The maximum Gasteiger partial charge on any atom is 0.261 e. The fourth-order valence-electron chi connectivity index (χ4n) is 1.44. The standard InChI is InChI=1S/C13H13ClFN3OS2/c1-3-7(2)20-13-18-17-12(21-13)16-11(19)10-8(14)5-4-6-9(10)15/h4-7H,3H2,1-2H3,(H,16,17,19). The van der Waals surface area contributed by atoms with Crippen LogP contribution in [0.5, 0.6) is 0 Å². The molecular weight excluding hydrogens is 333 g/mol. The van der Waals surface area contributed by atoms with Crippen molar-refractivity contribution in [2.75, 3.05) is 5.32 Å². The highest BCUT2D eigenvalue weighted by Gasteiger charge is 2.18. The van der Waals surface area contributed by atoms with Crippen molar-refractivity contribution in [1.82, 2.24) is 10.2 Å². The third-order valence-corrected chi connectivity index (χ3v) is 5.20. The summed E-state index contributed by atoms with van der Waals surface area (Å²) >= 11 is 8.69. The summed E-state index contributed by atoms with van der Waals surface area (Å²) < 4.78 is 14.4. The lowest BCUT2D eigenvalue weighted by atomic mass is 10.2. The van der Waals surface area contributed by atoms with Crippen molar-refractivity contribution in [3.05, 3.63) is 34.6 Å². The van der Waals surface area contributed by atoms with Crippen molar-refractivity contribution in [3.8, 4) is 0 Å². The summed E-state index contributed by atoms with van der Waals surface area (Å²) in [6, 6.07) is 4.09. The van der Waals surface area contributed by atoms with Crippen molar-refractivity contribution in [3.63, 3.8) is 0 Å². The van der Waals surface area contributed by atoms with E-state index in [-0.39, 0.29) is 10.6 Å². The number of rotatable bonds is 5. The lowest BCUT2D eigenvalue weighted by Crippen LogP contribution is -2.14. The lowest BCUT2D eigenvalue weighted by Gasteiger charge is -2.04. The Morgan fingerprint density at radius 2 is 2.29 bits per heavy atom. The van der Waals surface area contributed by atoms with E-state index in [9.17, 15) is 9.18 Å². The molecule has 1 atom stereocenters. The highest BCUT2D eigenvalue weighted by molar-refractivity contribution is 8.01. The topological polar surface area (TPSA) is 54.9 Å². The maximum atomic E-state index is 13.6. The van der Waals surface area contributed by atoms with Gasteiger partial charge in [0.05, 0.1) is 10.6 Å². The molecule has 112 valence electrons. The average molecular weight is 346 g/mol. The Labute approximate surface area is 135 Å². The fraction of sp³-hybridized carbons (Fsp3) is 0.308. The van der Waals surface area contributed by atoms with Gasteiger partial charge in [-0.25, -0.2) is 4.39 Å². The normalized spacial score (nSPS) is 12.2. The molecule has 0 aliphatic carbocycles. The van der Waals surface area contributed by atoms with Crippen LogP contribution in [0.3, 0.4) is 0 Å². The third kappa shape index (κ3) is 4.15. The van der Waals surface area contributed by atoms with E-state index in [0.717, 1.165) is 10.8 Å². The molecule has 2 aromatic rings. The van der Waals surface area contributed by atoms with Gasteiger partial charge in [0.25, 0.3) is 5.91 Å². The van der Waals surface area contributed by atoms with Gasteiger partial charge >= 0.3 is 0 Å². The van der Waals surface area contributed by atoms with Gasteiger partial charge in [-0.1, -0.05) is 54.6 Å². The third-order valence-electron chi connectivity index (χ3n) is 2.69. The fourth-order valence-corrected chi connectivity index (χ4v) is 3.68. The SMILES string of the molecule is CCC(C)Sc1nnc(NC(=O)c2c(F)cccc2Cl)s1. The number of hydrogen-bond acceptors (Lipinski definition) is 5. The summed E-state index contributed by atoms with van der Waals surface area (Å²) in [7, 11) is 0. The zero-order valence-corrected chi connectivity index (χ0v) is 13.8. The Morgan fingerprint density at radius 1 is 1.52 bits per heavy atom. The van der Waals surface area contributed by atoms with Gasteiger partial charge in [0.1, 0.15) is 5.82 Å². The van der Waals surface area contributed by atoms with Gasteiger partial charge < -0.3 is 0 Å². The molecule has 0 saturated carbocycles. The van der Waals surface area contributed by atoms with Gasteiger partial charge in [-0.15, -0.1) is 10.2 Å². The first-order valence-electron chi connectivity index (χ1n) is 6.26. The molecule has 0 radical (unpaired) electrons. The van der Waals surface area contributed by atoms with Gasteiger partial charge in [-0.05, 0) is 18.6 Å². The first-order valence-corrected chi connectivity index (χ1v) is 8.34. The molecule has 21 heavy (non-hydrogen) atoms. The second kappa shape index (κ2) is 7.20. The van der Waals surface area contributed by atoms with Crippen LogP contribution in [-0.4, -0.2) is 21.4 Å². The Kier molecular flexibility index (Phi) is 5.55. The number of benzene rings is 1. The molecule has 0 aliphatic heterocycles. The monoisotopic (exact) mass is 345 g/mol. The van der Waals surface area contributed by atoms with Crippen LogP contribution < -0.4 is 5.32 Å². The number of nitrogens with one attached hydrogen (secondary N) is 1. The molecule has 0 saturated heterocycles. The Balaban J connectivity index is 2.10. The number of carbonyl (C=O) groups is 1. The van der Waals surface area contributed by atoms with Crippen molar-refractivity contribution >= 4 is 45.7 Å². The van der Waals surface area contributed by atoms with Crippen LogP contribution in [0.1, 0.15) is 30.6 Å². The van der Waals surface area contributed by atoms with Gasteiger partial charge in [0, 0.05) is 5.25 Å². The Hall–Kier alpha value is -1.18. The summed E-state index contributed by atoms with van der Waals surface area (Å²) in [5, 5.41) is 11.2. The summed E-state index contributed by atoms with van der Waals surface area (Å²) in [6.07, 6.45) is 1.01. The van der Waals surface area contributed by atoms with Crippen molar-refractivity contribution in [1.29, 1.82) is 0 Å². The second-order valence-electron chi connectivity index (χ2n) is 4.26. The van der Waals surface area contributed by atoms with Crippen LogP contribution in [0.15, 0.2) is 22.5 Å². The second-order valence-corrected chi connectivity index (χ2v) is 7.33. The molecule has 2 rings (SSSR count). The molecular formula is C13H13ClFN3OS2. The van der Waals surface area contributed by atoms with Crippen molar-refractivity contribution in [2.45, 2.75) is 29.9 Å². The highest BCUT2D eigenvalue weighted by atomic mass is 35.5. The highest BCUT2D eigenvalue weighted by Crippen LogP contribution is 2.30. The first-order chi connectivity index (χ1) is 10.0. The van der Waals surface area contributed by atoms with Crippen molar-refractivity contribution < 1.29 is 9.18 Å². The zero-order chi connectivity index (χ0) is 15.4. The quantitative estimate of drug-likeness (QED) is 0.641. The summed E-state index contributed by atoms with van der Waals surface area (Å²) in [5.74, 6) is -1.30. The zero-order valence-electron chi connectivity index (χ0n) is 11.4. The molecule has 1 unspecified atom stereocenters. The Morgan fingerprint density at radius 3 is 2.95 bits per heavy atom. The van der Waals surface area contributed by atoms with Crippen LogP contribution in [-0.2, 0) is 0 Å². The smallest absolute Gasteiger partial charge is 0.261 e. The minimum absolute atomic E-state index is 0.0613. The number of nitrogens with zero attached hydrogens (tertiary/aromatic N) is 2. The predicted octanol–water partition coefficient (Wildman–Crippen LogP) is 4.47.